The van der Waals surface area contributed by atoms with Crippen LogP contribution in [-0.4, -0.2) is 26.9 Å². The highest BCUT2D eigenvalue weighted by Crippen LogP contribution is 2.45. The van der Waals surface area contributed by atoms with Crippen LogP contribution < -0.4 is 9.50 Å². The van der Waals surface area contributed by atoms with E-state index in [-0.39, 0.29) is 11.3 Å². The molecule has 0 unspecified atom stereocenters. The number of alkyl halides is 3. The van der Waals surface area contributed by atoms with E-state index in [1.165, 1.54) is 16.9 Å². The Hall–Kier alpha value is -4.10. The Morgan fingerprint density at radius 2 is 1.94 bits per heavy atom. The highest BCUT2D eigenvalue weighted by Gasteiger charge is 2.37. The standard InChI is InChI=1S/C26H23F3N4O2S/c1-18-23(35-36(2,3)26(27,28)29)17-33-25(18)24(19(15-30)16-31-33)32-20-9-8-12-22(14-13-20)34-21-10-6-4-5-7-11-21/h4,6-7,9-14,16-17,32H,2-3,5,8H2,1H3. The summed E-state index contributed by atoms with van der Waals surface area (Å²) in [6.45, 7) is 1.60. The van der Waals surface area contributed by atoms with Gasteiger partial charge in [0.1, 0.15) is 17.6 Å². The molecule has 0 fully saturated rings. The molecule has 4 rings (SSSR count). The summed E-state index contributed by atoms with van der Waals surface area (Å²) in [5, 5.41) is 17.1. The van der Waals surface area contributed by atoms with Gasteiger partial charge in [-0.05, 0) is 61.9 Å². The van der Waals surface area contributed by atoms with E-state index in [0.717, 1.165) is 6.42 Å². The number of aromatic nitrogens is 2. The molecule has 0 aliphatic heterocycles. The fourth-order valence-corrected chi connectivity index (χ4v) is 4.07. The van der Waals surface area contributed by atoms with E-state index in [0.29, 0.717) is 40.4 Å². The van der Waals surface area contributed by atoms with Gasteiger partial charge in [0, 0.05) is 20.7 Å². The highest BCUT2D eigenvalue weighted by atomic mass is 32.2. The largest absolute Gasteiger partial charge is 0.462 e. The molecule has 0 amide bonds. The maximum atomic E-state index is 13.3. The average molecular weight is 513 g/mol. The molecule has 0 spiro atoms. The first-order valence-electron chi connectivity index (χ1n) is 10.8. The van der Waals surface area contributed by atoms with E-state index < -0.39 is 15.0 Å². The minimum absolute atomic E-state index is 0.0560. The van der Waals surface area contributed by atoms with Gasteiger partial charge in [0.05, 0.1) is 29.2 Å². The maximum absolute atomic E-state index is 13.3. The van der Waals surface area contributed by atoms with Crippen LogP contribution in [0.1, 0.15) is 24.0 Å². The second kappa shape index (κ2) is 9.87. The predicted molar refractivity (Wildman–Crippen MR) is 139 cm³/mol. The van der Waals surface area contributed by atoms with Gasteiger partial charge in [-0.3, -0.25) is 0 Å². The van der Waals surface area contributed by atoms with Crippen LogP contribution in [0.25, 0.3) is 5.52 Å². The molecular formula is C26H23F3N4O2S. The summed E-state index contributed by atoms with van der Waals surface area (Å²) in [5.74, 6) is 7.59. The number of rotatable bonds is 6. The Morgan fingerprint density at radius 1 is 1.14 bits per heavy atom. The summed E-state index contributed by atoms with van der Waals surface area (Å²) in [6, 6.07) is 2.08. The molecule has 1 N–H and O–H groups in total. The van der Waals surface area contributed by atoms with E-state index in [9.17, 15) is 18.4 Å². The van der Waals surface area contributed by atoms with Crippen LogP contribution in [0.5, 0.6) is 5.75 Å². The SMILES string of the molecule is C=S(=C)(Oc1cn2ncc(C#N)c(NC3=CCC=C(OC4=CC=CCC=C4)C=C3)c2c1C)C(F)(F)F. The molecular weight excluding hydrogens is 489 g/mol. The zero-order chi connectivity index (χ0) is 25.9. The molecule has 10 heteroatoms. The molecule has 6 nitrogen and oxygen atoms in total. The summed E-state index contributed by atoms with van der Waals surface area (Å²) < 4.78 is 52.5. The van der Waals surface area contributed by atoms with Crippen LogP contribution in [0.2, 0.25) is 0 Å². The van der Waals surface area contributed by atoms with Crippen molar-refractivity contribution in [2.24, 2.45) is 0 Å². The van der Waals surface area contributed by atoms with Crippen LogP contribution in [0.4, 0.5) is 18.9 Å². The quantitative estimate of drug-likeness (QED) is 0.444. The first kappa shape index (κ1) is 25.0. The van der Waals surface area contributed by atoms with Gasteiger partial charge in [-0.25, -0.2) is 4.52 Å². The second-order valence-electron chi connectivity index (χ2n) is 7.99. The maximum Gasteiger partial charge on any atom is 0.462 e. The molecule has 36 heavy (non-hydrogen) atoms. The number of nitrogens with one attached hydrogen (secondary N) is 1. The minimum Gasteiger partial charge on any atom is -0.458 e. The molecule has 2 aromatic rings. The van der Waals surface area contributed by atoms with E-state index in [1.807, 2.05) is 42.5 Å². The number of allylic oxidation sites excluding steroid dienone is 9. The van der Waals surface area contributed by atoms with E-state index >= 15 is 0 Å². The van der Waals surface area contributed by atoms with Crippen LogP contribution in [0.15, 0.2) is 84.3 Å². The van der Waals surface area contributed by atoms with E-state index in [2.05, 4.69) is 28.2 Å². The van der Waals surface area contributed by atoms with Gasteiger partial charge >= 0.3 is 5.51 Å². The smallest absolute Gasteiger partial charge is 0.458 e. The number of ether oxygens (including phenoxy) is 1. The van der Waals surface area contributed by atoms with Crippen LogP contribution >= 0.6 is 9.49 Å². The van der Waals surface area contributed by atoms with Crippen LogP contribution in [0.3, 0.4) is 0 Å². The van der Waals surface area contributed by atoms with Crippen molar-refractivity contribution in [2.75, 3.05) is 5.32 Å². The molecule has 0 saturated heterocycles. The van der Waals surface area contributed by atoms with Crippen molar-refractivity contribution in [3.05, 3.63) is 95.4 Å². The molecule has 186 valence electrons. The lowest BCUT2D eigenvalue weighted by atomic mass is 10.2. The third kappa shape index (κ3) is 5.26. The average Bonchev–Trinajstić information content (AvgIpc) is 3.03. The van der Waals surface area contributed by atoms with Crippen molar-refractivity contribution in [3.8, 4) is 11.8 Å². The first-order valence-corrected chi connectivity index (χ1v) is 12.7. The van der Waals surface area contributed by atoms with Crippen molar-refractivity contribution in [1.29, 1.82) is 5.26 Å². The molecule has 2 aromatic heterocycles. The fraction of sp³-hybridized carbons (Fsp3) is 0.154. The summed E-state index contributed by atoms with van der Waals surface area (Å²) in [7, 11) is -3.89. The van der Waals surface area contributed by atoms with Gasteiger partial charge < -0.3 is 14.2 Å². The topological polar surface area (TPSA) is 71.6 Å². The Kier molecular flexibility index (Phi) is 6.86. The van der Waals surface area contributed by atoms with Crippen LogP contribution in [-0.2, 0) is 4.74 Å². The second-order valence-corrected chi connectivity index (χ2v) is 10.2. The molecule has 2 heterocycles. The summed E-state index contributed by atoms with van der Waals surface area (Å²) in [5.41, 5.74) is -2.65. The summed E-state index contributed by atoms with van der Waals surface area (Å²) >= 11 is 0. The lowest BCUT2D eigenvalue weighted by molar-refractivity contribution is -0.0384. The molecule has 2 aliphatic rings. The van der Waals surface area contributed by atoms with Crippen LogP contribution in [0, 0.1) is 18.3 Å². The number of nitrogens with zero attached hydrogens (tertiary/aromatic N) is 3. The zero-order valence-electron chi connectivity index (χ0n) is 19.4. The molecule has 2 aliphatic carbocycles. The number of hydrogen-bond donors (Lipinski definition) is 1. The fourth-order valence-electron chi connectivity index (χ4n) is 3.47. The molecule has 0 saturated carbocycles. The van der Waals surface area contributed by atoms with Gasteiger partial charge in [0.25, 0.3) is 0 Å². The van der Waals surface area contributed by atoms with Crippen molar-refractivity contribution in [1.82, 2.24) is 9.61 Å². The summed E-state index contributed by atoms with van der Waals surface area (Å²) in [4.78, 5) is 0. The van der Waals surface area contributed by atoms with E-state index in [4.69, 9.17) is 8.92 Å². The molecule has 0 aromatic carbocycles. The number of halogens is 3. The zero-order valence-corrected chi connectivity index (χ0v) is 20.2. The summed E-state index contributed by atoms with van der Waals surface area (Å²) in [6.07, 6.45) is 21.2. The van der Waals surface area contributed by atoms with Gasteiger partial charge in [0.15, 0.2) is 5.75 Å². The predicted octanol–water partition coefficient (Wildman–Crippen LogP) is 6.55. The third-order valence-electron chi connectivity index (χ3n) is 5.34. The van der Waals surface area contributed by atoms with E-state index in [1.54, 1.807) is 19.1 Å². The minimum atomic E-state index is -4.71. The molecule has 0 bridgehead atoms. The Labute approximate surface area is 207 Å². The number of nitriles is 1. The van der Waals surface area contributed by atoms with Gasteiger partial charge in [-0.15, -0.1) is 0 Å². The number of fused-ring (bicyclic) bond motifs is 1. The number of hydrogen-bond acceptors (Lipinski definition) is 5. The number of anilines is 1. The van der Waals surface area contributed by atoms with Gasteiger partial charge in [-0.2, -0.15) is 23.5 Å². The Balaban J connectivity index is 1.63. The third-order valence-corrected chi connectivity index (χ3v) is 6.68. The Morgan fingerprint density at radius 3 is 2.69 bits per heavy atom. The van der Waals surface area contributed by atoms with Crippen molar-refractivity contribution in [3.63, 3.8) is 0 Å². The van der Waals surface area contributed by atoms with Gasteiger partial charge in [-0.1, -0.05) is 24.3 Å². The lowest BCUT2D eigenvalue weighted by Crippen LogP contribution is -2.12. The Bertz CT molecular complexity index is 1530. The highest BCUT2D eigenvalue weighted by molar-refractivity contribution is 8.24. The van der Waals surface area contributed by atoms with Crippen molar-refractivity contribution >= 4 is 32.4 Å². The van der Waals surface area contributed by atoms with Crippen molar-refractivity contribution < 1.29 is 22.1 Å². The molecule has 0 radical (unpaired) electrons. The lowest BCUT2D eigenvalue weighted by Gasteiger charge is -2.19. The first-order chi connectivity index (χ1) is 17.1. The van der Waals surface area contributed by atoms with Gasteiger partial charge in [0.2, 0.25) is 0 Å². The monoisotopic (exact) mass is 512 g/mol. The normalized spacial score (nSPS) is 15.9. The number of aryl methyl sites for hydroxylation is 1. The van der Waals surface area contributed by atoms with Crippen molar-refractivity contribution in [2.45, 2.75) is 25.3 Å². The molecule has 0 atom stereocenters.